The molecule has 11 heteroatoms. The molecule has 2 aromatic carbocycles. The number of hydrazone groups is 1. The smallest absolute Gasteiger partial charge is 0.434 e. The number of rotatable bonds is 7. The van der Waals surface area contributed by atoms with Gasteiger partial charge < -0.3 is 14.7 Å². The number of carbonyl (C=O) groups excluding carboxylic acids is 1. The number of carbonyl (C=O) groups is 2. The van der Waals surface area contributed by atoms with Crippen molar-refractivity contribution in [2.75, 3.05) is 16.5 Å². The standard InChI is InChI=1S/C28H31F4N3O4/c1-16(2)35(26(36)18-11-9-17(3)10-12-18)22-14-21(29)23(13-20(22)27(37)38)39-24-15-34(19-7-5-4-6-8-19)33-25(24)28(30,31)32/h4-8,13-14,16-18,24H,9-12,15H2,1-3H3,(H,37,38). The topological polar surface area (TPSA) is 82.4 Å². The Morgan fingerprint density at radius 2 is 1.74 bits per heavy atom. The lowest BCUT2D eigenvalue weighted by molar-refractivity contribution is -0.123. The molecule has 2 aromatic rings. The number of alkyl halides is 3. The van der Waals surface area contributed by atoms with E-state index in [1.165, 1.54) is 4.90 Å². The van der Waals surface area contributed by atoms with Gasteiger partial charge in [0.1, 0.15) is 0 Å². The lowest BCUT2D eigenvalue weighted by Gasteiger charge is -2.34. The molecular weight excluding hydrogens is 518 g/mol. The zero-order valence-electron chi connectivity index (χ0n) is 21.9. The summed E-state index contributed by atoms with van der Waals surface area (Å²) in [4.78, 5) is 26.9. The molecule has 0 radical (unpaired) electrons. The van der Waals surface area contributed by atoms with Crippen molar-refractivity contribution in [3.8, 4) is 5.75 Å². The highest BCUT2D eigenvalue weighted by atomic mass is 19.4. The summed E-state index contributed by atoms with van der Waals surface area (Å²) in [6.45, 7) is 5.13. The number of anilines is 2. The van der Waals surface area contributed by atoms with Crippen molar-refractivity contribution in [1.82, 2.24) is 0 Å². The minimum absolute atomic E-state index is 0.159. The zero-order valence-corrected chi connectivity index (χ0v) is 21.9. The fraction of sp³-hybridized carbons (Fsp3) is 0.464. The second-order valence-corrected chi connectivity index (χ2v) is 10.4. The largest absolute Gasteiger partial charge is 0.479 e. The minimum atomic E-state index is -4.86. The third-order valence-corrected chi connectivity index (χ3v) is 7.15. The van der Waals surface area contributed by atoms with Gasteiger partial charge in [0.15, 0.2) is 23.4 Å². The highest BCUT2D eigenvalue weighted by Crippen LogP contribution is 2.37. The van der Waals surface area contributed by atoms with Crippen molar-refractivity contribution >= 4 is 29.0 Å². The Balaban J connectivity index is 1.66. The molecule has 2 aliphatic rings. The van der Waals surface area contributed by atoms with Crippen molar-refractivity contribution in [1.29, 1.82) is 0 Å². The molecule has 210 valence electrons. The third-order valence-electron chi connectivity index (χ3n) is 7.15. The van der Waals surface area contributed by atoms with E-state index in [0.717, 1.165) is 30.0 Å². The predicted molar refractivity (Wildman–Crippen MR) is 139 cm³/mol. The Kier molecular flexibility index (Phi) is 8.17. The van der Waals surface area contributed by atoms with E-state index in [9.17, 15) is 27.9 Å². The molecule has 1 fully saturated rings. The molecule has 1 aliphatic heterocycles. The number of hydrogen-bond acceptors (Lipinski definition) is 5. The minimum Gasteiger partial charge on any atom is -0.479 e. The van der Waals surface area contributed by atoms with Crippen LogP contribution in [0.25, 0.3) is 0 Å². The first kappa shape index (κ1) is 28.4. The first-order valence-corrected chi connectivity index (χ1v) is 12.9. The Morgan fingerprint density at radius 1 is 1.10 bits per heavy atom. The first-order chi connectivity index (χ1) is 18.4. The van der Waals surface area contributed by atoms with Crippen molar-refractivity contribution < 1.29 is 37.0 Å². The number of para-hydroxylation sites is 1. The van der Waals surface area contributed by atoms with Crippen LogP contribution in [0, 0.1) is 17.7 Å². The summed E-state index contributed by atoms with van der Waals surface area (Å²) in [6.07, 6.45) is -3.56. The summed E-state index contributed by atoms with van der Waals surface area (Å²) >= 11 is 0. The highest BCUT2D eigenvalue weighted by Gasteiger charge is 2.47. The maximum Gasteiger partial charge on any atom is 0.434 e. The monoisotopic (exact) mass is 549 g/mol. The van der Waals surface area contributed by atoms with Crippen LogP contribution in [0.1, 0.15) is 56.8 Å². The summed E-state index contributed by atoms with van der Waals surface area (Å²) in [7, 11) is 0. The average Bonchev–Trinajstić information content (AvgIpc) is 3.31. The van der Waals surface area contributed by atoms with Gasteiger partial charge in [-0.2, -0.15) is 18.3 Å². The predicted octanol–water partition coefficient (Wildman–Crippen LogP) is 6.28. The molecule has 0 bridgehead atoms. The Bertz CT molecular complexity index is 1240. The molecule has 39 heavy (non-hydrogen) atoms. The van der Waals surface area contributed by atoms with Crippen LogP contribution in [0.2, 0.25) is 0 Å². The molecule has 0 saturated heterocycles. The SMILES string of the molecule is CC1CCC(C(=O)N(c2cc(F)c(OC3CN(c4ccccc4)N=C3C(F)(F)F)cc2C(=O)O)C(C)C)CC1. The molecule has 7 nitrogen and oxygen atoms in total. The quantitative estimate of drug-likeness (QED) is 0.411. The molecule has 1 atom stereocenters. The number of hydrogen-bond donors (Lipinski definition) is 1. The third kappa shape index (κ3) is 6.17. The molecule has 1 aliphatic carbocycles. The van der Waals surface area contributed by atoms with Crippen molar-refractivity contribution in [3.05, 3.63) is 53.8 Å². The van der Waals surface area contributed by atoms with E-state index in [4.69, 9.17) is 4.74 Å². The van der Waals surface area contributed by atoms with E-state index in [-0.39, 0.29) is 24.1 Å². The van der Waals surface area contributed by atoms with Crippen LogP contribution in [0.15, 0.2) is 47.6 Å². The van der Waals surface area contributed by atoms with Crippen LogP contribution >= 0.6 is 0 Å². The van der Waals surface area contributed by atoms with E-state index in [1.807, 2.05) is 0 Å². The van der Waals surface area contributed by atoms with Gasteiger partial charge in [-0.15, -0.1) is 0 Å². The maximum atomic E-state index is 15.4. The Hall–Kier alpha value is -3.63. The van der Waals surface area contributed by atoms with Gasteiger partial charge in [0.25, 0.3) is 0 Å². The molecule has 1 amide bonds. The fourth-order valence-corrected chi connectivity index (χ4v) is 5.09. The number of carboxylic acid groups (broad SMARTS) is 1. The number of amides is 1. The van der Waals surface area contributed by atoms with E-state index in [1.54, 1.807) is 44.2 Å². The van der Waals surface area contributed by atoms with Crippen LogP contribution < -0.4 is 14.6 Å². The first-order valence-electron chi connectivity index (χ1n) is 12.9. The molecule has 4 rings (SSSR count). The Labute approximate surface area is 224 Å². The molecule has 1 saturated carbocycles. The van der Waals surface area contributed by atoms with Gasteiger partial charge in [0.05, 0.1) is 23.5 Å². The number of benzene rings is 2. The van der Waals surface area contributed by atoms with Crippen LogP contribution in [0.3, 0.4) is 0 Å². The number of nitrogens with zero attached hydrogens (tertiary/aromatic N) is 3. The van der Waals surface area contributed by atoms with Gasteiger partial charge in [-0.05, 0) is 63.6 Å². The van der Waals surface area contributed by atoms with Gasteiger partial charge in [0.2, 0.25) is 5.91 Å². The zero-order chi connectivity index (χ0) is 28.5. The van der Waals surface area contributed by atoms with Gasteiger partial charge in [-0.25, -0.2) is 9.18 Å². The summed E-state index contributed by atoms with van der Waals surface area (Å²) in [6, 6.07) is 9.34. The average molecular weight is 550 g/mol. The van der Waals surface area contributed by atoms with E-state index in [0.29, 0.717) is 24.4 Å². The molecular formula is C28H31F4N3O4. The second kappa shape index (κ2) is 11.2. The normalized spacial score (nSPS) is 21.6. The van der Waals surface area contributed by atoms with Crippen molar-refractivity contribution in [2.45, 2.75) is 64.8 Å². The van der Waals surface area contributed by atoms with Gasteiger partial charge >= 0.3 is 12.1 Å². The van der Waals surface area contributed by atoms with Crippen molar-refractivity contribution in [2.24, 2.45) is 16.9 Å². The van der Waals surface area contributed by atoms with Crippen LogP contribution in [0.5, 0.6) is 5.75 Å². The summed E-state index contributed by atoms with van der Waals surface area (Å²) in [5.41, 5.74) is -1.48. The van der Waals surface area contributed by atoms with Crippen molar-refractivity contribution in [3.63, 3.8) is 0 Å². The molecule has 0 spiro atoms. The summed E-state index contributed by atoms with van der Waals surface area (Å²) in [5, 5.41) is 14.7. The lowest BCUT2D eigenvalue weighted by Crippen LogP contribution is -2.43. The summed E-state index contributed by atoms with van der Waals surface area (Å²) < 4.78 is 62.2. The number of ether oxygens (including phenoxy) is 1. The van der Waals surface area contributed by atoms with Crippen LogP contribution in [-0.4, -0.2) is 47.6 Å². The van der Waals surface area contributed by atoms with Gasteiger partial charge in [-0.1, -0.05) is 25.1 Å². The number of aromatic carboxylic acids is 1. The van der Waals surface area contributed by atoms with E-state index in [2.05, 4.69) is 12.0 Å². The van der Waals surface area contributed by atoms with Crippen LogP contribution in [0.4, 0.5) is 28.9 Å². The molecule has 0 aromatic heterocycles. The van der Waals surface area contributed by atoms with Crippen LogP contribution in [-0.2, 0) is 4.79 Å². The summed E-state index contributed by atoms with van der Waals surface area (Å²) in [5.74, 6) is -3.34. The fourth-order valence-electron chi connectivity index (χ4n) is 5.09. The van der Waals surface area contributed by atoms with E-state index < -0.39 is 47.1 Å². The second-order valence-electron chi connectivity index (χ2n) is 10.4. The number of halogens is 4. The maximum absolute atomic E-state index is 15.4. The van der Waals surface area contributed by atoms with Gasteiger partial charge in [0, 0.05) is 18.0 Å². The number of carboxylic acids is 1. The lowest BCUT2D eigenvalue weighted by atomic mass is 9.82. The van der Waals surface area contributed by atoms with E-state index >= 15 is 4.39 Å². The molecule has 1 unspecified atom stereocenters. The highest BCUT2D eigenvalue weighted by molar-refractivity contribution is 6.03. The molecule has 1 N–H and O–H groups in total. The Morgan fingerprint density at radius 3 is 2.31 bits per heavy atom. The molecule has 1 heterocycles. The van der Waals surface area contributed by atoms with Gasteiger partial charge in [-0.3, -0.25) is 9.80 Å².